The van der Waals surface area contributed by atoms with E-state index in [1.807, 2.05) is 32.0 Å². The lowest BCUT2D eigenvalue weighted by molar-refractivity contribution is -0.186. The van der Waals surface area contributed by atoms with E-state index in [-0.39, 0.29) is 18.9 Å². The smallest absolute Gasteiger partial charge is 0.348 e. The lowest BCUT2D eigenvalue weighted by Crippen LogP contribution is -2.48. The van der Waals surface area contributed by atoms with Crippen LogP contribution in [-0.2, 0) is 19.1 Å². The van der Waals surface area contributed by atoms with Crippen molar-refractivity contribution in [2.24, 2.45) is 0 Å². The molecule has 5 nitrogen and oxygen atoms in total. The normalized spacial score (nSPS) is 25.1. The molecule has 1 aromatic rings. The first kappa shape index (κ1) is 18.5. The highest BCUT2D eigenvalue weighted by Gasteiger charge is 2.46. The Bertz CT molecular complexity index is 614. The SMILES string of the molecule is COC1CCC(OC(=O)C(C)c2ccc(C)cc2C)(C(=O)O)CC1. The summed E-state index contributed by atoms with van der Waals surface area (Å²) in [6.07, 6.45) is 1.76. The van der Waals surface area contributed by atoms with E-state index in [1.165, 1.54) is 0 Å². The van der Waals surface area contributed by atoms with Crippen LogP contribution in [0.15, 0.2) is 18.2 Å². The van der Waals surface area contributed by atoms with Gasteiger partial charge in [0.25, 0.3) is 0 Å². The number of carbonyl (C=O) groups excluding carboxylic acids is 1. The second-order valence-electron chi connectivity index (χ2n) is 6.74. The fourth-order valence-electron chi connectivity index (χ4n) is 3.37. The zero-order valence-corrected chi connectivity index (χ0v) is 14.8. The standard InChI is InChI=1S/C19H26O5/c1-12-5-6-16(13(2)11-12)14(3)17(20)24-19(18(21)22)9-7-15(23-4)8-10-19/h5-6,11,14-15H,7-10H2,1-4H3,(H,21,22). The van der Waals surface area contributed by atoms with Crippen LogP contribution in [0.3, 0.4) is 0 Å². The van der Waals surface area contributed by atoms with Crippen LogP contribution < -0.4 is 0 Å². The van der Waals surface area contributed by atoms with Crippen LogP contribution >= 0.6 is 0 Å². The second-order valence-corrected chi connectivity index (χ2v) is 6.74. The van der Waals surface area contributed by atoms with E-state index in [2.05, 4.69) is 0 Å². The van der Waals surface area contributed by atoms with E-state index in [0.717, 1.165) is 16.7 Å². The molecule has 1 saturated carbocycles. The number of hydrogen-bond donors (Lipinski definition) is 1. The van der Waals surface area contributed by atoms with Gasteiger partial charge in [-0.2, -0.15) is 0 Å². The highest BCUT2D eigenvalue weighted by Crippen LogP contribution is 2.35. The van der Waals surface area contributed by atoms with Crippen LogP contribution in [-0.4, -0.2) is 35.9 Å². The zero-order valence-electron chi connectivity index (χ0n) is 14.8. The summed E-state index contributed by atoms with van der Waals surface area (Å²) in [4.78, 5) is 24.4. The molecule has 1 aromatic carbocycles. The third-order valence-electron chi connectivity index (χ3n) is 5.00. The topological polar surface area (TPSA) is 72.8 Å². The quantitative estimate of drug-likeness (QED) is 0.836. The number of carbonyl (C=O) groups is 2. The predicted octanol–water partition coefficient (Wildman–Crippen LogP) is 3.36. The number of aryl methyl sites for hydroxylation is 2. The lowest BCUT2D eigenvalue weighted by atomic mass is 9.82. The molecule has 0 radical (unpaired) electrons. The summed E-state index contributed by atoms with van der Waals surface area (Å²) < 4.78 is 10.8. The summed E-state index contributed by atoms with van der Waals surface area (Å²) in [6.45, 7) is 5.70. The maximum atomic E-state index is 12.6. The number of benzene rings is 1. The van der Waals surface area contributed by atoms with Crippen LogP contribution in [0.1, 0.15) is 55.2 Å². The minimum Gasteiger partial charge on any atom is -0.478 e. The minimum absolute atomic E-state index is 0.0351. The van der Waals surface area contributed by atoms with E-state index >= 15 is 0 Å². The molecule has 132 valence electrons. The van der Waals surface area contributed by atoms with Gasteiger partial charge in [0, 0.05) is 20.0 Å². The van der Waals surface area contributed by atoms with Crippen LogP contribution in [0.25, 0.3) is 0 Å². The van der Waals surface area contributed by atoms with Gasteiger partial charge in [-0.3, -0.25) is 4.79 Å². The molecule has 0 heterocycles. The van der Waals surface area contributed by atoms with Crippen LogP contribution in [0.5, 0.6) is 0 Å². The molecule has 2 rings (SSSR count). The Kier molecular flexibility index (Phi) is 5.65. The summed E-state index contributed by atoms with van der Waals surface area (Å²) in [6, 6.07) is 5.87. The van der Waals surface area contributed by atoms with Crippen molar-refractivity contribution in [1.82, 2.24) is 0 Å². The summed E-state index contributed by atoms with van der Waals surface area (Å²) in [5.41, 5.74) is 1.57. The van der Waals surface area contributed by atoms with Crippen molar-refractivity contribution in [3.8, 4) is 0 Å². The van der Waals surface area contributed by atoms with Gasteiger partial charge in [0.2, 0.25) is 5.60 Å². The number of carboxylic acid groups (broad SMARTS) is 1. The van der Waals surface area contributed by atoms with Crippen molar-refractivity contribution in [2.75, 3.05) is 7.11 Å². The molecule has 1 aliphatic rings. The van der Waals surface area contributed by atoms with E-state index in [0.29, 0.717) is 12.8 Å². The molecule has 24 heavy (non-hydrogen) atoms. The number of aliphatic carboxylic acids is 1. The van der Waals surface area contributed by atoms with Crippen molar-refractivity contribution in [2.45, 2.75) is 64.1 Å². The predicted molar refractivity (Wildman–Crippen MR) is 90.1 cm³/mol. The van der Waals surface area contributed by atoms with E-state index in [4.69, 9.17) is 9.47 Å². The molecule has 5 heteroatoms. The van der Waals surface area contributed by atoms with Gasteiger partial charge in [-0.1, -0.05) is 23.8 Å². The third kappa shape index (κ3) is 3.78. The van der Waals surface area contributed by atoms with Gasteiger partial charge in [0.15, 0.2) is 0 Å². The number of rotatable bonds is 5. The molecular weight excluding hydrogens is 308 g/mol. The monoisotopic (exact) mass is 334 g/mol. The van der Waals surface area contributed by atoms with Gasteiger partial charge in [-0.15, -0.1) is 0 Å². The average Bonchev–Trinajstić information content (AvgIpc) is 2.54. The Morgan fingerprint density at radius 3 is 2.38 bits per heavy atom. The maximum Gasteiger partial charge on any atom is 0.348 e. The number of methoxy groups -OCH3 is 1. The molecule has 1 aliphatic carbocycles. The summed E-state index contributed by atoms with van der Waals surface area (Å²) >= 11 is 0. The first-order valence-electron chi connectivity index (χ1n) is 8.35. The number of esters is 1. The second kappa shape index (κ2) is 7.34. The molecule has 1 atom stereocenters. The maximum absolute atomic E-state index is 12.6. The van der Waals surface area contributed by atoms with Crippen LogP contribution in [0.4, 0.5) is 0 Å². The number of ether oxygens (including phenoxy) is 2. The van der Waals surface area contributed by atoms with Gasteiger partial charge < -0.3 is 14.6 Å². The Morgan fingerprint density at radius 2 is 1.88 bits per heavy atom. The summed E-state index contributed by atoms with van der Waals surface area (Å²) in [7, 11) is 1.62. The van der Waals surface area contributed by atoms with E-state index < -0.39 is 23.5 Å². The van der Waals surface area contributed by atoms with Gasteiger partial charge in [-0.25, -0.2) is 4.79 Å². The highest BCUT2D eigenvalue weighted by molar-refractivity contribution is 5.85. The zero-order chi connectivity index (χ0) is 17.9. The molecule has 0 aromatic heterocycles. The van der Waals surface area contributed by atoms with Crippen molar-refractivity contribution in [1.29, 1.82) is 0 Å². The molecule has 0 bridgehead atoms. The van der Waals surface area contributed by atoms with Crippen molar-refractivity contribution in [3.05, 3.63) is 34.9 Å². The molecular formula is C19H26O5. The molecule has 1 fully saturated rings. The first-order chi connectivity index (χ1) is 11.3. The molecule has 1 unspecified atom stereocenters. The van der Waals surface area contributed by atoms with Crippen LogP contribution in [0.2, 0.25) is 0 Å². The molecule has 0 spiro atoms. The largest absolute Gasteiger partial charge is 0.478 e. The first-order valence-corrected chi connectivity index (χ1v) is 8.35. The lowest BCUT2D eigenvalue weighted by Gasteiger charge is -2.36. The van der Waals surface area contributed by atoms with Gasteiger partial charge >= 0.3 is 11.9 Å². The van der Waals surface area contributed by atoms with Gasteiger partial charge in [0.1, 0.15) is 0 Å². The molecule has 0 aliphatic heterocycles. The Labute approximate surface area is 143 Å². The van der Waals surface area contributed by atoms with E-state index in [1.54, 1.807) is 14.0 Å². The number of carboxylic acids is 1. The third-order valence-corrected chi connectivity index (χ3v) is 5.00. The van der Waals surface area contributed by atoms with Crippen molar-refractivity contribution >= 4 is 11.9 Å². The van der Waals surface area contributed by atoms with Gasteiger partial charge in [0.05, 0.1) is 12.0 Å². The van der Waals surface area contributed by atoms with E-state index in [9.17, 15) is 14.7 Å². The Balaban J connectivity index is 2.15. The van der Waals surface area contributed by atoms with Crippen molar-refractivity contribution < 1.29 is 24.2 Å². The minimum atomic E-state index is -1.43. The number of hydrogen-bond acceptors (Lipinski definition) is 4. The Morgan fingerprint density at radius 1 is 1.25 bits per heavy atom. The highest BCUT2D eigenvalue weighted by atomic mass is 16.6. The molecule has 1 N–H and O–H groups in total. The fourth-order valence-corrected chi connectivity index (χ4v) is 3.37. The molecule has 0 saturated heterocycles. The van der Waals surface area contributed by atoms with Gasteiger partial charge in [-0.05, 0) is 44.7 Å². The summed E-state index contributed by atoms with van der Waals surface area (Å²) in [5.74, 6) is -2.06. The Hall–Kier alpha value is -1.88. The average molecular weight is 334 g/mol. The fraction of sp³-hybridized carbons (Fsp3) is 0.579. The summed E-state index contributed by atoms with van der Waals surface area (Å²) in [5, 5.41) is 9.62. The van der Waals surface area contributed by atoms with Crippen LogP contribution in [0, 0.1) is 13.8 Å². The van der Waals surface area contributed by atoms with Crippen molar-refractivity contribution in [3.63, 3.8) is 0 Å². The molecule has 0 amide bonds.